The summed E-state index contributed by atoms with van der Waals surface area (Å²) < 4.78 is 0. The maximum Gasteiger partial charge on any atom is 0.0479 e. The van der Waals surface area contributed by atoms with Gasteiger partial charge in [0, 0.05) is 15.6 Å². The Labute approximate surface area is 80.4 Å². The van der Waals surface area contributed by atoms with Gasteiger partial charge in [0.25, 0.3) is 0 Å². The van der Waals surface area contributed by atoms with Gasteiger partial charge in [0.1, 0.15) is 0 Å². The van der Waals surface area contributed by atoms with E-state index in [0.717, 1.165) is 5.56 Å². The molecule has 0 atom stereocenters. The third-order valence-corrected chi connectivity index (χ3v) is 1.91. The Kier molecular flexibility index (Phi) is 3.25. The first kappa shape index (κ1) is 8.92. The third kappa shape index (κ3) is 2.41. The summed E-state index contributed by atoms with van der Waals surface area (Å²) in [4.78, 5) is 0. The lowest BCUT2D eigenvalue weighted by molar-refractivity contribution is 1.66. The molecule has 0 radical (unpaired) electrons. The second-order valence-electron chi connectivity index (χ2n) is 1.96. The Bertz CT molecular complexity index is 279. The Morgan fingerprint density at radius 2 is 1.91 bits per heavy atom. The van der Waals surface area contributed by atoms with E-state index in [4.69, 9.17) is 34.8 Å². The normalized spacial score (nSPS) is 10.8. The molecule has 0 fully saturated rings. The number of hydrogen-bond acceptors (Lipinski definition) is 0. The van der Waals surface area contributed by atoms with Gasteiger partial charge in [-0.1, -0.05) is 34.8 Å². The largest absolute Gasteiger partial charge is 0.0929 e. The van der Waals surface area contributed by atoms with E-state index in [-0.39, 0.29) is 0 Å². The Morgan fingerprint density at radius 3 is 2.55 bits per heavy atom. The average molecular weight is 207 g/mol. The van der Waals surface area contributed by atoms with Crippen LogP contribution in [0.3, 0.4) is 0 Å². The summed E-state index contributed by atoms with van der Waals surface area (Å²) in [5.74, 6) is 0. The lowest BCUT2D eigenvalue weighted by Crippen LogP contribution is -1.73. The zero-order valence-corrected chi connectivity index (χ0v) is 7.79. The van der Waals surface area contributed by atoms with E-state index in [2.05, 4.69) is 0 Å². The van der Waals surface area contributed by atoms with E-state index in [9.17, 15) is 0 Å². The molecule has 0 saturated carbocycles. The highest BCUT2D eigenvalue weighted by Crippen LogP contribution is 2.21. The van der Waals surface area contributed by atoms with Crippen LogP contribution in [-0.2, 0) is 0 Å². The lowest BCUT2D eigenvalue weighted by atomic mass is 10.2. The van der Waals surface area contributed by atoms with Crippen molar-refractivity contribution in [1.82, 2.24) is 0 Å². The van der Waals surface area contributed by atoms with Crippen LogP contribution in [0.5, 0.6) is 0 Å². The van der Waals surface area contributed by atoms with Gasteiger partial charge in [0.2, 0.25) is 0 Å². The number of hydrogen-bond donors (Lipinski definition) is 0. The van der Waals surface area contributed by atoms with Gasteiger partial charge < -0.3 is 0 Å². The summed E-state index contributed by atoms with van der Waals surface area (Å²) in [5, 5.41) is 1.30. The predicted molar refractivity (Wildman–Crippen MR) is 51.3 cm³/mol. The standard InChI is InChI=1S/C8H5Cl3/c9-4-3-6-5-7(10)1-2-8(6)11/h1-5H. The molecule has 0 amide bonds. The highest BCUT2D eigenvalue weighted by molar-refractivity contribution is 6.34. The van der Waals surface area contributed by atoms with Crippen LogP contribution in [0.15, 0.2) is 23.7 Å². The monoisotopic (exact) mass is 206 g/mol. The van der Waals surface area contributed by atoms with Crippen LogP contribution in [0.25, 0.3) is 6.08 Å². The summed E-state index contributed by atoms with van der Waals surface area (Å²) in [5.41, 5.74) is 2.23. The molecular formula is C8H5Cl3. The molecule has 0 aliphatic heterocycles. The molecule has 0 aromatic heterocycles. The summed E-state index contributed by atoms with van der Waals surface area (Å²) in [6, 6.07) is 5.22. The second kappa shape index (κ2) is 4.01. The van der Waals surface area contributed by atoms with Crippen LogP contribution in [-0.4, -0.2) is 0 Å². The topological polar surface area (TPSA) is 0 Å². The van der Waals surface area contributed by atoms with Crippen LogP contribution in [0.2, 0.25) is 10.0 Å². The number of halogens is 3. The maximum atomic E-state index is 5.81. The third-order valence-electron chi connectivity index (χ3n) is 1.20. The van der Waals surface area contributed by atoms with Gasteiger partial charge >= 0.3 is 0 Å². The summed E-state index contributed by atoms with van der Waals surface area (Å²) in [6.45, 7) is 0. The van der Waals surface area contributed by atoms with Crippen molar-refractivity contribution in [3.8, 4) is 0 Å². The molecule has 0 spiro atoms. The van der Waals surface area contributed by atoms with E-state index in [1.807, 2.05) is 0 Å². The molecule has 1 aromatic carbocycles. The minimum atomic E-state index is 0.645. The molecule has 0 unspecified atom stereocenters. The van der Waals surface area contributed by atoms with Crippen molar-refractivity contribution in [3.63, 3.8) is 0 Å². The maximum absolute atomic E-state index is 5.81. The SMILES string of the molecule is ClC=Cc1cc(Cl)ccc1Cl. The second-order valence-corrected chi connectivity index (χ2v) is 3.05. The first-order valence-electron chi connectivity index (χ1n) is 2.96. The Balaban J connectivity index is 3.12. The van der Waals surface area contributed by atoms with E-state index < -0.39 is 0 Å². The quantitative estimate of drug-likeness (QED) is 0.647. The van der Waals surface area contributed by atoms with Crippen molar-refractivity contribution in [3.05, 3.63) is 39.3 Å². The molecule has 11 heavy (non-hydrogen) atoms. The van der Waals surface area contributed by atoms with Gasteiger partial charge in [0.15, 0.2) is 0 Å². The highest BCUT2D eigenvalue weighted by atomic mass is 35.5. The molecule has 3 heteroatoms. The first-order valence-corrected chi connectivity index (χ1v) is 4.15. The Morgan fingerprint density at radius 1 is 1.18 bits per heavy atom. The lowest BCUT2D eigenvalue weighted by Gasteiger charge is -1.96. The van der Waals surface area contributed by atoms with Crippen molar-refractivity contribution in [2.24, 2.45) is 0 Å². The molecule has 0 N–H and O–H groups in total. The minimum Gasteiger partial charge on any atom is -0.0929 e. The van der Waals surface area contributed by atoms with Gasteiger partial charge in [-0.25, -0.2) is 0 Å². The summed E-state index contributed by atoms with van der Waals surface area (Å²) in [7, 11) is 0. The fraction of sp³-hybridized carbons (Fsp3) is 0. The summed E-state index contributed by atoms with van der Waals surface area (Å²) in [6.07, 6.45) is 1.69. The molecule has 0 saturated heterocycles. The number of benzene rings is 1. The van der Waals surface area contributed by atoms with Crippen molar-refractivity contribution in [2.45, 2.75) is 0 Å². The minimum absolute atomic E-state index is 0.645. The zero-order chi connectivity index (χ0) is 8.27. The van der Waals surface area contributed by atoms with Crippen molar-refractivity contribution >= 4 is 40.9 Å². The fourth-order valence-electron chi connectivity index (χ4n) is 0.710. The van der Waals surface area contributed by atoms with E-state index in [1.54, 1.807) is 24.3 Å². The number of rotatable bonds is 1. The molecule has 0 heterocycles. The fourth-order valence-corrected chi connectivity index (χ4v) is 1.21. The average Bonchev–Trinajstić information content (AvgIpc) is 1.98. The molecule has 0 bridgehead atoms. The van der Waals surface area contributed by atoms with Crippen molar-refractivity contribution in [1.29, 1.82) is 0 Å². The van der Waals surface area contributed by atoms with Crippen LogP contribution in [0.1, 0.15) is 5.56 Å². The smallest absolute Gasteiger partial charge is 0.0479 e. The van der Waals surface area contributed by atoms with Gasteiger partial charge in [-0.3, -0.25) is 0 Å². The molecule has 0 nitrogen and oxygen atoms in total. The van der Waals surface area contributed by atoms with E-state index in [0.29, 0.717) is 10.0 Å². The van der Waals surface area contributed by atoms with E-state index in [1.165, 1.54) is 5.54 Å². The van der Waals surface area contributed by atoms with Gasteiger partial charge in [-0.15, -0.1) is 0 Å². The van der Waals surface area contributed by atoms with Gasteiger partial charge in [-0.2, -0.15) is 0 Å². The Hall–Kier alpha value is -0.170. The van der Waals surface area contributed by atoms with Crippen LogP contribution >= 0.6 is 34.8 Å². The molecular weight excluding hydrogens is 202 g/mol. The van der Waals surface area contributed by atoms with Gasteiger partial charge in [-0.05, 0) is 29.8 Å². The van der Waals surface area contributed by atoms with Gasteiger partial charge in [0.05, 0.1) is 0 Å². The molecule has 58 valence electrons. The van der Waals surface area contributed by atoms with Crippen LogP contribution in [0.4, 0.5) is 0 Å². The molecule has 1 aromatic rings. The highest BCUT2D eigenvalue weighted by Gasteiger charge is 1.95. The molecule has 0 aliphatic rings. The first-order chi connectivity index (χ1) is 5.24. The van der Waals surface area contributed by atoms with Crippen LogP contribution in [0, 0.1) is 0 Å². The van der Waals surface area contributed by atoms with Crippen molar-refractivity contribution < 1.29 is 0 Å². The molecule has 0 aliphatic carbocycles. The molecule has 1 rings (SSSR count). The van der Waals surface area contributed by atoms with Crippen molar-refractivity contribution in [2.75, 3.05) is 0 Å². The summed E-state index contributed by atoms with van der Waals surface area (Å²) >= 11 is 16.9. The van der Waals surface area contributed by atoms with E-state index >= 15 is 0 Å². The zero-order valence-electron chi connectivity index (χ0n) is 5.52. The predicted octanol–water partition coefficient (Wildman–Crippen LogP) is 4.20. The van der Waals surface area contributed by atoms with Crippen LogP contribution < -0.4 is 0 Å².